The highest BCUT2D eigenvalue weighted by Crippen LogP contribution is 2.43. The molecular weight excluding hydrogens is 294 g/mol. The molecule has 20 heavy (non-hydrogen) atoms. The number of nitrogens with two attached hydrogens (primary N) is 1. The number of benzene rings is 1. The Bertz CT molecular complexity index is 677. The zero-order valence-corrected chi connectivity index (χ0v) is 13.1. The molecule has 106 valence electrons. The van der Waals surface area contributed by atoms with Gasteiger partial charge < -0.3 is 10.8 Å². The second-order valence-corrected chi connectivity index (χ2v) is 6.44. The van der Waals surface area contributed by atoms with Gasteiger partial charge in [0, 0.05) is 9.90 Å². The van der Waals surface area contributed by atoms with Crippen molar-refractivity contribution in [1.29, 1.82) is 0 Å². The van der Waals surface area contributed by atoms with Gasteiger partial charge in [-0.25, -0.2) is 4.79 Å². The minimum atomic E-state index is -0.980. The summed E-state index contributed by atoms with van der Waals surface area (Å²) in [7, 11) is 0. The fourth-order valence-corrected chi connectivity index (χ4v) is 3.52. The van der Waals surface area contributed by atoms with Crippen LogP contribution in [0.5, 0.6) is 0 Å². The minimum absolute atomic E-state index is 0.158. The van der Waals surface area contributed by atoms with E-state index in [0.717, 1.165) is 21.6 Å². The van der Waals surface area contributed by atoms with Gasteiger partial charge in [-0.2, -0.15) is 0 Å². The first-order chi connectivity index (χ1) is 9.32. The zero-order chi connectivity index (χ0) is 15.0. The lowest BCUT2D eigenvalue weighted by atomic mass is 9.97. The average Bonchev–Trinajstić information content (AvgIpc) is 2.70. The monoisotopic (exact) mass is 309 g/mol. The van der Waals surface area contributed by atoms with E-state index in [2.05, 4.69) is 0 Å². The largest absolute Gasteiger partial charge is 0.477 e. The molecule has 0 bridgehead atoms. The first-order valence-electron chi connectivity index (χ1n) is 6.25. The van der Waals surface area contributed by atoms with Gasteiger partial charge in [-0.05, 0) is 41.7 Å². The van der Waals surface area contributed by atoms with Crippen molar-refractivity contribution in [2.75, 3.05) is 5.73 Å². The van der Waals surface area contributed by atoms with E-state index in [1.54, 1.807) is 0 Å². The molecular formula is C15H16ClNO2S. The van der Waals surface area contributed by atoms with Crippen molar-refractivity contribution in [2.45, 2.75) is 26.7 Å². The molecule has 0 amide bonds. The maximum absolute atomic E-state index is 11.3. The standard InChI is InChI=1S/C15H16ClNO2S/c1-7(2)11-12(17)14(15(18)19)20-13(11)9-4-5-10(16)8(3)6-9/h4-7H,17H2,1-3H3,(H,18,19). The number of rotatable bonds is 3. The van der Waals surface area contributed by atoms with Gasteiger partial charge in [-0.1, -0.05) is 31.5 Å². The quantitative estimate of drug-likeness (QED) is 0.857. The number of aryl methyl sites for hydroxylation is 1. The maximum Gasteiger partial charge on any atom is 0.348 e. The molecule has 5 heteroatoms. The molecule has 0 saturated heterocycles. The lowest BCUT2D eigenvalue weighted by Crippen LogP contribution is -2.00. The van der Waals surface area contributed by atoms with Crippen LogP contribution < -0.4 is 5.73 Å². The second kappa shape index (κ2) is 5.46. The maximum atomic E-state index is 11.3. The van der Waals surface area contributed by atoms with Crippen molar-refractivity contribution in [1.82, 2.24) is 0 Å². The van der Waals surface area contributed by atoms with E-state index in [4.69, 9.17) is 17.3 Å². The molecule has 0 atom stereocenters. The topological polar surface area (TPSA) is 63.3 Å². The van der Waals surface area contributed by atoms with E-state index < -0.39 is 5.97 Å². The van der Waals surface area contributed by atoms with Crippen LogP contribution in [0.1, 0.15) is 40.6 Å². The Morgan fingerprint density at radius 2 is 2.05 bits per heavy atom. The predicted octanol–water partition coefficient (Wildman–Crippen LogP) is 4.78. The summed E-state index contributed by atoms with van der Waals surface area (Å²) in [6.07, 6.45) is 0. The summed E-state index contributed by atoms with van der Waals surface area (Å²) >= 11 is 7.26. The second-order valence-electron chi connectivity index (χ2n) is 5.01. The van der Waals surface area contributed by atoms with E-state index in [0.29, 0.717) is 10.7 Å². The van der Waals surface area contributed by atoms with Crippen LogP contribution in [0, 0.1) is 6.92 Å². The summed E-state index contributed by atoms with van der Waals surface area (Å²) < 4.78 is 0. The van der Waals surface area contributed by atoms with Gasteiger partial charge in [-0.3, -0.25) is 0 Å². The number of anilines is 1. The summed E-state index contributed by atoms with van der Waals surface area (Å²) in [4.78, 5) is 12.4. The van der Waals surface area contributed by atoms with Crippen LogP contribution in [0.2, 0.25) is 5.02 Å². The molecule has 3 N–H and O–H groups in total. The summed E-state index contributed by atoms with van der Waals surface area (Å²) in [5, 5.41) is 9.94. The van der Waals surface area contributed by atoms with Crippen molar-refractivity contribution in [3.05, 3.63) is 39.2 Å². The molecule has 0 radical (unpaired) electrons. The molecule has 0 aliphatic heterocycles. The van der Waals surface area contributed by atoms with Crippen molar-refractivity contribution in [2.24, 2.45) is 0 Å². The Kier molecular flexibility index (Phi) is 4.06. The Balaban J connectivity index is 2.69. The fourth-order valence-electron chi connectivity index (χ4n) is 2.19. The summed E-state index contributed by atoms with van der Waals surface area (Å²) in [5.41, 5.74) is 9.21. The van der Waals surface area contributed by atoms with Crippen LogP contribution in [-0.4, -0.2) is 11.1 Å². The van der Waals surface area contributed by atoms with Crippen LogP contribution in [0.4, 0.5) is 5.69 Å². The number of aromatic carboxylic acids is 1. The van der Waals surface area contributed by atoms with Gasteiger partial charge in [0.25, 0.3) is 0 Å². The Morgan fingerprint density at radius 1 is 1.40 bits per heavy atom. The first-order valence-corrected chi connectivity index (χ1v) is 7.44. The normalized spacial score (nSPS) is 11.1. The number of hydrogen-bond donors (Lipinski definition) is 2. The van der Waals surface area contributed by atoms with Crippen LogP contribution in [0.15, 0.2) is 18.2 Å². The number of thiophene rings is 1. The third kappa shape index (κ3) is 2.53. The van der Waals surface area contributed by atoms with Crippen LogP contribution in [0.25, 0.3) is 10.4 Å². The number of halogens is 1. The highest BCUT2D eigenvalue weighted by atomic mass is 35.5. The Hall–Kier alpha value is -1.52. The molecule has 0 aliphatic rings. The van der Waals surface area contributed by atoms with Crippen molar-refractivity contribution in [3.8, 4) is 10.4 Å². The molecule has 0 fully saturated rings. The lowest BCUT2D eigenvalue weighted by molar-refractivity contribution is 0.0703. The predicted molar refractivity (Wildman–Crippen MR) is 85.0 cm³/mol. The smallest absolute Gasteiger partial charge is 0.348 e. The molecule has 0 saturated carbocycles. The first kappa shape index (κ1) is 14.9. The van der Waals surface area contributed by atoms with Crippen molar-refractivity contribution >= 4 is 34.6 Å². The van der Waals surface area contributed by atoms with Gasteiger partial charge in [0.1, 0.15) is 4.88 Å². The molecule has 0 unspecified atom stereocenters. The van der Waals surface area contributed by atoms with Crippen LogP contribution in [-0.2, 0) is 0 Å². The van der Waals surface area contributed by atoms with Gasteiger partial charge >= 0.3 is 5.97 Å². The SMILES string of the molecule is Cc1cc(-c2sc(C(=O)O)c(N)c2C(C)C)ccc1Cl. The van der Waals surface area contributed by atoms with E-state index in [9.17, 15) is 9.90 Å². The number of hydrogen-bond acceptors (Lipinski definition) is 3. The molecule has 1 aromatic carbocycles. The summed E-state index contributed by atoms with van der Waals surface area (Å²) in [5.74, 6) is -0.823. The zero-order valence-electron chi connectivity index (χ0n) is 11.5. The summed E-state index contributed by atoms with van der Waals surface area (Å²) in [6.45, 7) is 5.95. The van der Waals surface area contributed by atoms with Gasteiger partial charge in [-0.15, -0.1) is 11.3 Å². The number of carboxylic acids is 1. The molecule has 0 aliphatic carbocycles. The molecule has 2 rings (SSSR count). The third-order valence-corrected chi connectivity index (χ3v) is 4.86. The van der Waals surface area contributed by atoms with Crippen molar-refractivity contribution in [3.63, 3.8) is 0 Å². The number of carbonyl (C=O) groups is 1. The summed E-state index contributed by atoms with van der Waals surface area (Å²) in [6, 6.07) is 5.69. The third-order valence-electron chi connectivity index (χ3n) is 3.18. The molecule has 1 heterocycles. The number of nitrogen functional groups attached to an aromatic ring is 1. The minimum Gasteiger partial charge on any atom is -0.477 e. The van der Waals surface area contributed by atoms with Gasteiger partial charge in [0.05, 0.1) is 5.69 Å². The molecule has 0 spiro atoms. The fraction of sp³-hybridized carbons (Fsp3) is 0.267. The molecule has 1 aromatic heterocycles. The average molecular weight is 310 g/mol. The van der Waals surface area contributed by atoms with E-state index >= 15 is 0 Å². The lowest BCUT2D eigenvalue weighted by Gasteiger charge is -2.10. The Labute approximate surface area is 127 Å². The van der Waals surface area contributed by atoms with Crippen LogP contribution in [0.3, 0.4) is 0 Å². The van der Waals surface area contributed by atoms with E-state index in [-0.39, 0.29) is 10.8 Å². The van der Waals surface area contributed by atoms with Crippen molar-refractivity contribution < 1.29 is 9.90 Å². The van der Waals surface area contributed by atoms with Gasteiger partial charge in [0.15, 0.2) is 0 Å². The molecule has 3 nitrogen and oxygen atoms in total. The Morgan fingerprint density at radius 3 is 2.55 bits per heavy atom. The van der Waals surface area contributed by atoms with E-state index in [1.165, 1.54) is 11.3 Å². The van der Waals surface area contributed by atoms with E-state index in [1.807, 2.05) is 39.0 Å². The highest BCUT2D eigenvalue weighted by Gasteiger charge is 2.23. The van der Waals surface area contributed by atoms with Crippen LogP contribution >= 0.6 is 22.9 Å². The van der Waals surface area contributed by atoms with Gasteiger partial charge in [0.2, 0.25) is 0 Å². The highest BCUT2D eigenvalue weighted by molar-refractivity contribution is 7.18. The number of carboxylic acid groups (broad SMARTS) is 1. The molecule has 2 aromatic rings.